The van der Waals surface area contributed by atoms with E-state index in [1.165, 1.54) is 16.9 Å². The summed E-state index contributed by atoms with van der Waals surface area (Å²) in [4.78, 5) is 33.1. The third-order valence-corrected chi connectivity index (χ3v) is 8.00. The summed E-state index contributed by atoms with van der Waals surface area (Å²) >= 11 is 1.29. The van der Waals surface area contributed by atoms with E-state index in [2.05, 4.69) is 31.3 Å². The van der Waals surface area contributed by atoms with Crippen LogP contribution in [0.25, 0.3) is 6.08 Å². The minimum Gasteiger partial charge on any atom is -0.493 e. The van der Waals surface area contributed by atoms with Crippen LogP contribution < -0.4 is 29.7 Å². The molecule has 1 amide bonds. The number of methoxy groups -OCH3 is 1. The topological polar surface area (TPSA) is 81.9 Å². The molecule has 0 aliphatic carbocycles. The van der Waals surface area contributed by atoms with Crippen molar-refractivity contribution in [3.63, 3.8) is 0 Å². The Morgan fingerprint density at radius 1 is 1.07 bits per heavy atom. The van der Waals surface area contributed by atoms with Crippen LogP contribution in [0.15, 0.2) is 93.9 Å². The van der Waals surface area contributed by atoms with Crippen molar-refractivity contribution in [2.24, 2.45) is 4.99 Å². The molecule has 210 valence electrons. The minimum absolute atomic E-state index is 0.227. The van der Waals surface area contributed by atoms with Crippen molar-refractivity contribution in [2.45, 2.75) is 39.7 Å². The SMILES string of the molecule is CCOc1c(/C=c2\sc3n(c2=O)[C@H](c2ccc(C(C)C)cc2)C(C(=O)Nc2ccccc2)=C(C)N=3)cccc1OC. The maximum Gasteiger partial charge on any atom is 0.271 e. The highest BCUT2D eigenvalue weighted by molar-refractivity contribution is 7.07. The van der Waals surface area contributed by atoms with Crippen molar-refractivity contribution in [2.75, 3.05) is 19.0 Å². The summed E-state index contributed by atoms with van der Waals surface area (Å²) in [6, 6.07) is 22.3. The Balaban J connectivity index is 1.69. The number of nitrogens with zero attached hydrogens (tertiary/aromatic N) is 2. The summed E-state index contributed by atoms with van der Waals surface area (Å²) < 4.78 is 13.5. The van der Waals surface area contributed by atoms with Crippen molar-refractivity contribution in [3.8, 4) is 11.5 Å². The monoisotopic (exact) mass is 567 g/mol. The van der Waals surface area contributed by atoms with E-state index in [-0.39, 0.29) is 11.5 Å². The third kappa shape index (κ3) is 5.60. The number of aromatic nitrogens is 1. The van der Waals surface area contributed by atoms with Crippen LogP contribution in [0.2, 0.25) is 0 Å². The number of anilines is 1. The van der Waals surface area contributed by atoms with Crippen molar-refractivity contribution in [3.05, 3.63) is 120 Å². The van der Waals surface area contributed by atoms with Gasteiger partial charge in [0.2, 0.25) is 0 Å². The van der Waals surface area contributed by atoms with Gasteiger partial charge in [0.1, 0.15) is 0 Å². The molecule has 8 heteroatoms. The molecule has 0 unspecified atom stereocenters. The molecule has 4 aromatic rings. The van der Waals surface area contributed by atoms with Crippen LogP contribution in [0.5, 0.6) is 11.5 Å². The quantitative estimate of drug-likeness (QED) is 0.309. The van der Waals surface area contributed by atoms with E-state index in [4.69, 9.17) is 14.5 Å². The lowest BCUT2D eigenvalue weighted by molar-refractivity contribution is -0.113. The summed E-state index contributed by atoms with van der Waals surface area (Å²) in [6.45, 7) is 8.45. The summed E-state index contributed by atoms with van der Waals surface area (Å²) in [5.41, 5.74) is 4.19. The second-order valence-electron chi connectivity index (χ2n) is 10.0. The molecule has 1 atom stereocenters. The van der Waals surface area contributed by atoms with E-state index in [0.29, 0.717) is 50.3 Å². The second-order valence-corrected chi connectivity index (χ2v) is 11.0. The Labute approximate surface area is 243 Å². The maximum atomic E-state index is 14.1. The van der Waals surface area contributed by atoms with Gasteiger partial charge in [-0.2, -0.15) is 0 Å². The van der Waals surface area contributed by atoms with E-state index in [0.717, 1.165) is 11.1 Å². The molecule has 1 N–H and O–H groups in total. The molecule has 5 rings (SSSR count). The van der Waals surface area contributed by atoms with Crippen LogP contribution in [0.1, 0.15) is 56.3 Å². The van der Waals surface area contributed by atoms with E-state index < -0.39 is 6.04 Å². The first-order valence-electron chi connectivity index (χ1n) is 13.6. The zero-order chi connectivity index (χ0) is 29.1. The fourth-order valence-corrected chi connectivity index (χ4v) is 6.00. The Hall–Kier alpha value is -4.43. The number of amides is 1. The number of para-hydroxylation sites is 2. The van der Waals surface area contributed by atoms with Crippen LogP contribution in [-0.4, -0.2) is 24.2 Å². The summed E-state index contributed by atoms with van der Waals surface area (Å²) in [6.07, 6.45) is 1.80. The predicted molar refractivity (Wildman–Crippen MR) is 164 cm³/mol. The fraction of sp³-hybridized carbons (Fsp3) is 0.242. The van der Waals surface area contributed by atoms with Crippen molar-refractivity contribution >= 4 is 29.0 Å². The number of benzene rings is 3. The fourth-order valence-electron chi connectivity index (χ4n) is 4.96. The minimum atomic E-state index is -0.644. The van der Waals surface area contributed by atoms with Gasteiger partial charge in [0.15, 0.2) is 16.3 Å². The molecule has 0 spiro atoms. The second kappa shape index (κ2) is 12.0. The van der Waals surface area contributed by atoms with Crippen LogP contribution in [-0.2, 0) is 4.79 Å². The van der Waals surface area contributed by atoms with Crippen LogP contribution >= 0.6 is 11.3 Å². The molecule has 1 aromatic heterocycles. The Morgan fingerprint density at radius 2 is 1.80 bits per heavy atom. The first-order valence-corrected chi connectivity index (χ1v) is 14.4. The molecule has 41 heavy (non-hydrogen) atoms. The van der Waals surface area contributed by atoms with Crippen molar-refractivity contribution in [1.29, 1.82) is 0 Å². The number of thiazole rings is 1. The van der Waals surface area contributed by atoms with Crippen molar-refractivity contribution < 1.29 is 14.3 Å². The maximum absolute atomic E-state index is 14.1. The number of nitrogens with one attached hydrogen (secondary N) is 1. The lowest BCUT2D eigenvalue weighted by Gasteiger charge is -2.25. The summed E-state index contributed by atoms with van der Waals surface area (Å²) in [5.74, 6) is 1.22. The van der Waals surface area contributed by atoms with Crippen LogP contribution in [0.4, 0.5) is 5.69 Å². The van der Waals surface area contributed by atoms with Gasteiger partial charge in [-0.15, -0.1) is 0 Å². The van der Waals surface area contributed by atoms with Gasteiger partial charge < -0.3 is 14.8 Å². The smallest absolute Gasteiger partial charge is 0.271 e. The number of hydrogen-bond acceptors (Lipinski definition) is 6. The van der Waals surface area contributed by atoms with Gasteiger partial charge in [-0.25, -0.2) is 4.99 Å². The molecule has 1 aliphatic heterocycles. The molecule has 7 nitrogen and oxygen atoms in total. The number of hydrogen-bond donors (Lipinski definition) is 1. The van der Waals surface area contributed by atoms with E-state index in [1.807, 2.05) is 74.5 Å². The number of carbonyl (C=O) groups excluding carboxylic acids is 1. The van der Waals surface area contributed by atoms with Gasteiger partial charge in [-0.1, -0.05) is 79.8 Å². The highest BCUT2D eigenvalue weighted by Gasteiger charge is 2.32. The van der Waals surface area contributed by atoms with E-state index in [9.17, 15) is 9.59 Å². The Morgan fingerprint density at radius 3 is 2.46 bits per heavy atom. The largest absolute Gasteiger partial charge is 0.493 e. The van der Waals surface area contributed by atoms with Crippen molar-refractivity contribution in [1.82, 2.24) is 4.57 Å². The zero-order valence-corrected chi connectivity index (χ0v) is 24.6. The Bertz CT molecular complexity index is 1780. The standard InChI is InChI=1S/C33H33N3O4S/c1-6-40-30-24(11-10-14-26(30)39-5)19-27-32(38)36-29(23-17-15-22(16-18-23)20(2)3)28(21(4)34-33(36)41-27)31(37)35-25-12-8-7-9-13-25/h7-20,29H,6H2,1-5H3,(H,35,37)/b27-19-/t29-/m1/s1. The highest BCUT2D eigenvalue weighted by Crippen LogP contribution is 2.33. The number of ether oxygens (including phenoxy) is 2. The molecule has 2 heterocycles. The predicted octanol–water partition coefficient (Wildman–Crippen LogP) is 5.40. The summed E-state index contributed by atoms with van der Waals surface area (Å²) in [7, 11) is 1.59. The van der Waals surface area contributed by atoms with E-state index in [1.54, 1.807) is 17.8 Å². The Kier molecular flexibility index (Phi) is 8.21. The molecule has 0 saturated carbocycles. The number of allylic oxidation sites excluding steroid dienone is 1. The van der Waals surface area contributed by atoms with Gasteiger partial charge >= 0.3 is 0 Å². The van der Waals surface area contributed by atoms with Crippen LogP contribution in [0, 0.1) is 0 Å². The van der Waals surface area contributed by atoms with Gasteiger partial charge in [0.25, 0.3) is 11.5 Å². The average molecular weight is 568 g/mol. The first-order chi connectivity index (χ1) is 19.8. The van der Waals surface area contributed by atoms with Gasteiger partial charge in [0.05, 0.1) is 35.6 Å². The van der Waals surface area contributed by atoms with E-state index >= 15 is 0 Å². The molecular formula is C33H33N3O4S. The molecule has 0 fully saturated rings. The number of fused-ring (bicyclic) bond motifs is 1. The molecule has 0 bridgehead atoms. The first kappa shape index (κ1) is 28.1. The van der Waals surface area contributed by atoms with Crippen LogP contribution in [0.3, 0.4) is 0 Å². The van der Waals surface area contributed by atoms with Gasteiger partial charge in [-0.05, 0) is 55.2 Å². The normalized spacial score (nSPS) is 15.0. The zero-order valence-electron chi connectivity index (χ0n) is 23.8. The molecular weight excluding hydrogens is 534 g/mol. The molecule has 3 aromatic carbocycles. The highest BCUT2D eigenvalue weighted by atomic mass is 32.1. The lowest BCUT2D eigenvalue weighted by atomic mass is 9.93. The van der Waals surface area contributed by atoms with Gasteiger partial charge in [0, 0.05) is 11.3 Å². The molecule has 1 aliphatic rings. The number of carbonyl (C=O) groups is 1. The third-order valence-electron chi connectivity index (χ3n) is 7.02. The summed E-state index contributed by atoms with van der Waals surface area (Å²) in [5, 5.41) is 3.00. The van der Waals surface area contributed by atoms with Gasteiger partial charge in [-0.3, -0.25) is 14.2 Å². The molecule has 0 saturated heterocycles. The molecule has 0 radical (unpaired) electrons. The average Bonchev–Trinajstić information content (AvgIpc) is 3.27. The number of rotatable bonds is 8. The lowest BCUT2D eigenvalue weighted by Crippen LogP contribution is -2.40.